The summed E-state index contributed by atoms with van der Waals surface area (Å²) in [5, 5.41) is 0. The van der Waals surface area contributed by atoms with Crippen molar-refractivity contribution in [3.05, 3.63) is 16.6 Å². The molecule has 0 atom stereocenters. The number of hydrogen-bond acceptors (Lipinski definition) is 4. The topological polar surface area (TPSA) is 36.9 Å². The lowest BCUT2D eigenvalue weighted by Gasteiger charge is -2.14. The first-order valence-electron chi connectivity index (χ1n) is 4.26. The van der Waals surface area contributed by atoms with E-state index in [1.165, 1.54) is 0 Å². The number of ether oxygens (including phenoxy) is 4. The summed E-state index contributed by atoms with van der Waals surface area (Å²) in [6.45, 7) is 0.142. The Kier molecular flexibility index (Phi) is 4.71. The zero-order chi connectivity index (χ0) is 11.3. The summed E-state index contributed by atoms with van der Waals surface area (Å²) >= 11 is 3.36. The van der Waals surface area contributed by atoms with Crippen LogP contribution in [0.15, 0.2) is 16.6 Å². The Morgan fingerprint density at radius 3 is 2.33 bits per heavy atom. The van der Waals surface area contributed by atoms with Crippen molar-refractivity contribution in [3.63, 3.8) is 0 Å². The van der Waals surface area contributed by atoms with Gasteiger partial charge < -0.3 is 18.9 Å². The number of benzene rings is 1. The molecular formula is C10H13BrO4. The summed E-state index contributed by atoms with van der Waals surface area (Å²) < 4.78 is 21.4. The van der Waals surface area contributed by atoms with Crippen molar-refractivity contribution in [2.45, 2.75) is 0 Å². The molecule has 1 rings (SSSR count). The summed E-state index contributed by atoms with van der Waals surface area (Å²) in [5.74, 6) is 1.72. The molecule has 84 valence electrons. The Labute approximate surface area is 97.2 Å². The van der Waals surface area contributed by atoms with Crippen LogP contribution < -0.4 is 14.2 Å². The van der Waals surface area contributed by atoms with Gasteiger partial charge in [0.1, 0.15) is 0 Å². The summed E-state index contributed by atoms with van der Waals surface area (Å²) in [6.07, 6.45) is 0. The van der Waals surface area contributed by atoms with Crippen molar-refractivity contribution in [3.8, 4) is 17.2 Å². The van der Waals surface area contributed by atoms with Crippen molar-refractivity contribution in [2.24, 2.45) is 0 Å². The lowest BCUT2D eigenvalue weighted by molar-refractivity contribution is 0.0470. The van der Waals surface area contributed by atoms with Gasteiger partial charge in [-0.1, -0.05) is 0 Å². The van der Waals surface area contributed by atoms with Crippen LogP contribution in [-0.2, 0) is 4.74 Å². The fourth-order valence-corrected chi connectivity index (χ4v) is 1.60. The molecule has 0 aliphatic rings. The highest BCUT2D eigenvalue weighted by Crippen LogP contribution is 2.42. The molecule has 0 fully saturated rings. The summed E-state index contributed by atoms with van der Waals surface area (Å²) in [5.41, 5.74) is 0. The summed E-state index contributed by atoms with van der Waals surface area (Å²) in [4.78, 5) is 0. The number of rotatable bonds is 5. The van der Waals surface area contributed by atoms with E-state index < -0.39 is 0 Å². The molecule has 0 radical (unpaired) electrons. The molecule has 0 amide bonds. The summed E-state index contributed by atoms with van der Waals surface area (Å²) in [6, 6.07) is 3.62. The maximum atomic E-state index is 5.38. The molecule has 0 heterocycles. The summed E-state index contributed by atoms with van der Waals surface area (Å²) in [7, 11) is 4.69. The molecule has 0 spiro atoms. The SMILES string of the molecule is COCOc1c(OC)ccc(Br)c1OC. The lowest BCUT2D eigenvalue weighted by Crippen LogP contribution is -2.03. The van der Waals surface area contributed by atoms with E-state index >= 15 is 0 Å². The van der Waals surface area contributed by atoms with Gasteiger partial charge in [0.15, 0.2) is 18.3 Å². The molecule has 1 aromatic carbocycles. The molecule has 4 nitrogen and oxygen atoms in total. The van der Waals surface area contributed by atoms with Crippen LogP contribution in [0.5, 0.6) is 17.2 Å². The largest absolute Gasteiger partial charge is 0.493 e. The Morgan fingerprint density at radius 2 is 1.80 bits per heavy atom. The van der Waals surface area contributed by atoms with Crippen molar-refractivity contribution in [1.29, 1.82) is 0 Å². The quantitative estimate of drug-likeness (QED) is 0.775. The van der Waals surface area contributed by atoms with Gasteiger partial charge in [0.25, 0.3) is 0 Å². The zero-order valence-corrected chi connectivity index (χ0v) is 10.5. The second-order valence-electron chi connectivity index (χ2n) is 2.66. The predicted octanol–water partition coefficient (Wildman–Crippen LogP) is 2.45. The third kappa shape index (κ3) is 2.76. The van der Waals surface area contributed by atoms with Gasteiger partial charge in [-0.15, -0.1) is 0 Å². The first kappa shape index (κ1) is 12.1. The number of hydrogen-bond donors (Lipinski definition) is 0. The first-order chi connectivity index (χ1) is 7.24. The maximum absolute atomic E-state index is 5.38. The molecule has 0 aromatic heterocycles. The third-order valence-corrected chi connectivity index (χ3v) is 2.40. The highest BCUT2D eigenvalue weighted by Gasteiger charge is 2.14. The van der Waals surface area contributed by atoms with Crippen molar-refractivity contribution in [2.75, 3.05) is 28.1 Å². The van der Waals surface area contributed by atoms with E-state index in [1.807, 2.05) is 6.07 Å². The normalized spacial score (nSPS) is 9.87. The molecular weight excluding hydrogens is 264 g/mol. The first-order valence-corrected chi connectivity index (χ1v) is 5.06. The third-order valence-electron chi connectivity index (χ3n) is 1.77. The average molecular weight is 277 g/mol. The van der Waals surface area contributed by atoms with Gasteiger partial charge in [-0.05, 0) is 28.1 Å². The van der Waals surface area contributed by atoms with Crippen LogP contribution in [0.4, 0.5) is 0 Å². The molecule has 0 saturated carbocycles. The standard InChI is InChI=1S/C10H13BrO4/c1-12-6-15-10-8(13-2)5-4-7(11)9(10)14-3/h4-5H,6H2,1-3H3. The van der Waals surface area contributed by atoms with Crippen LogP contribution in [0.3, 0.4) is 0 Å². The van der Waals surface area contributed by atoms with E-state index in [-0.39, 0.29) is 6.79 Å². The van der Waals surface area contributed by atoms with Crippen molar-refractivity contribution in [1.82, 2.24) is 0 Å². The van der Waals surface area contributed by atoms with Crippen LogP contribution in [0.2, 0.25) is 0 Å². The number of methoxy groups -OCH3 is 3. The Bertz CT molecular complexity index is 327. The molecule has 5 heteroatoms. The van der Waals surface area contributed by atoms with E-state index in [0.717, 1.165) is 4.47 Å². The van der Waals surface area contributed by atoms with Gasteiger partial charge >= 0.3 is 0 Å². The monoisotopic (exact) mass is 276 g/mol. The van der Waals surface area contributed by atoms with Gasteiger partial charge in [-0.3, -0.25) is 0 Å². The lowest BCUT2D eigenvalue weighted by atomic mass is 10.3. The Morgan fingerprint density at radius 1 is 1.07 bits per heavy atom. The highest BCUT2D eigenvalue weighted by atomic mass is 79.9. The molecule has 0 bridgehead atoms. The average Bonchev–Trinajstić information content (AvgIpc) is 2.26. The second-order valence-corrected chi connectivity index (χ2v) is 3.52. The molecule has 0 aliphatic heterocycles. The highest BCUT2D eigenvalue weighted by molar-refractivity contribution is 9.10. The zero-order valence-electron chi connectivity index (χ0n) is 8.87. The van der Waals surface area contributed by atoms with E-state index in [9.17, 15) is 0 Å². The molecule has 0 N–H and O–H groups in total. The van der Waals surface area contributed by atoms with Gasteiger partial charge in [0, 0.05) is 7.11 Å². The minimum Gasteiger partial charge on any atom is -0.493 e. The fraction of sp³-hybridized carbons (Fsp3) is 0.400. The minimum atomic E-state index is 0.142. The van der Waals surface area contributed by atoms with E-state index in [2.05, 4.69) is 15.9 Å². The predicted molar refractivity (Wildman–Crippen MR) is 59.8 cm³/mol. The van der Waals surface area contributed by atoms with Crippen LogP contribution in [0, 0.1) is 0 Å². The molecule has 1 aromatic rings. The fourth-order valence-electron chi connectivity index (χ4n) is 1.13. The van der Waals surface area contributed by atoms with Crippen LogP contribution in [-0.4, -0.2) is 28.1 Å². The van der Waals surface area contributed by atoms with E-state index in [1.54, 1.807) is 27.4 Å². The van der Waals surface area contributed by atoms with Crippen LogP contribution in [0.25, 0.3) is 0 Å². The number of halogens is 1. The van der Waals surface area contributed by atoms with Crippen molar-refractivity contribution >= 4 is 15.9 Å². The van der Waals surface area contributed by atoms with Crippen LogP contribution in [0.1, 0.15) is 0 Å². The molecule has 0 aliphatic carbocycles. The maximum Gasteiger partial charge on any atom is 0.207 e. The van der Waals surface area contributed by atoms with Gasteiger partial charge in [0.05, 0.1) is 18.7 Å². The second kappa shape index (κ2) is 5.82. The van der Waals surface area contributed by atoms with E-state index in [0.29, 0.717) is 17.2 Å². The smallest absolute Gasteiger partial charge is 0.207 e. The van der Waals surface area contributed by atoms with Gasteiger partial charge in [-0.2, -0.15) is 0 Å². The molecule has 0 unspecified atom stereocenters. The molecule has 15 heavy (non-hydrogen) atoms. The Hall–Kier alpha value is -0.940. The van der Waals surface area contributed by atoms with E-state index in [4.69, 9.17) is 18.9 Å². The van der Waals surface area contributed by atoms with Crippen LogP contribution >= 0.6 is 15.9 Å². The van der Waals surface area contributed by atoms with Gasteiger partial charge in [-0.25, -0.2) is 0 Å². The van der Waals surface area contributed by atoms with Crippen molar-refractivity contribution < 1.29 is 18.9 Å². The minimum absolute atomic E-state index is 0.142. The molecule has 0 saturated heterocycles. The Balaban J connectivity index is 3.09. The van der Waals surface area contributed by atoms with Gasteiger partial charge in [0.2, 0.25) is 5.75 Å².